The van der Waals surface area contributed by atoms with Gasteiger partial charge in [0, 0.05) is 0 Å². The highest BCUT2D eigenvalue weighted by atomic mass is 79.9. The Morgan fingerprint density at radius 3 is 2.52 bits per heavy atom. The van der Waals surface area contributed by atoms with Gasteiger partial charge in [-0.2, -0.15) is 13.8 Å². The van der Waals surface area contributed by atoms with Gasteiger partial charge in [-0.3, -0.25) is 0 Å². The summed E-state index contributed by atoms with van der Waals surface area (Å²) in [6, 6.07) is 7.17. The highest BCUT2D eigenvalue weighted by molar-refractivity contribution is 9.10. The van der Waals surface area contributed by atoms with Crippen LogP contribution in [0.25, 0.3) is 0 Å². The van der Waals surface area contributed by atoms with Crippen molar-refractivity contribution in [3.05, 3.63) is 41.3 Å². The maximum Gasteiger partial charge on any atom is 0.334 e. The zero-order valence-corrected chi connectivity index (χ0v) is 14.3. The Morgan fingerprint density at radius 2 is 1.91 bits per heavy atom. The summed E-state index contributed by atoms with van der Waals surface area (Å²) >= 11 is 7.83. The molecule has 2 aromatic rings. The van der Waals surface area contributed by atoms with Gasteiger partial charge in [-0.1, -0.05) is 12.1 Å². The monoisotopic (exact) mass is 408 g/mol. The van der Waals surface area contributed by atoms with Crippen LogP contribution in [0.15, 0.2) is 30.5 Å². The van der Waals surface area contributed by atoms with Gasteiger partial charge in [0.2, 0.25) is 5.28 Å². The van der Waals surface area contributed by atoms with Crippen LogP contribution in [-0.4, -0.2) is 28.5 Å². The molecule has 9 heteroatoms. The Morgan fingerprint density at radius 1 is 1.22 bits per heavy atom. The fourth-order valence-corrected chi connectivity index (χ4v) is 1.81. The third-order valence-electron chi connectivity index (χ3n) is 2.62. The van der Waals surface area contributed by atoms with Crippen LogP contribution in [-0.2, 0) is 6.61 Å². The maximum atomic E-state index is 12.8. The summed E-state index contributed by atoms with van der Waals surface area (Å²) in [5, 5.41) is -0.130. The standard InChI is InChI=1S/C14H12BrClF2N2O3/c1-21-10-4-2-9(3-5-10)7-22-11-6-19-13(16)20-12(11)23-8-14(15,17)18/h2-6H,7-8H2,1H3. The Labute approximate surface area is 144 Å². The van der Waals surface area contributed by atoms with Crippen molar-refractivity contribution in [3.8, 4) is 17.4 Å². The number of benzene rings is 1. The van der Waals surface area contributed by atoms with E-state index < -0.39 is 11.4 Å². The SMILES string of the molecule is COc1ccc(COc2cnc(Cl)nc2OCC(F)(F)Br)cc1. The summed E-state index contributed by atoms with van der Waals surface area (Å²) in [5.41, 5.74) is 0.845. The van der Waals surface area contributed by atoms with E-state index in [-0.39, 0.29) is 23.5 Å². The minimum absolute atomic E-state index is 0.113. The second-order valence-corrected chi connectivity index (χ2v) is 5.85. The van der Waals surface area contributed by atoms with Crippen LogP contribution in [0.2, 0.25) is 5.28 Å². The second-order valence-electron chi connectivity index (χ2n) is 4.35. The van der Waals surface area contributed by atoms with Crippen molar-refractivity contribution < 1.29 is 23.0 Å². The number of hydrogen-bond donors (Lipinski definition) is 0. The highest BCUT2D eigenvalue weighted by Crippen LogP contribution is 2.29. The molecule has 0 aliphatic heterocycles. The fraction of sp³-hybridized carbons (Fsp3) is 0.286. The van der Waals surface area contributed by atoms with Gasteiger partial charge in [-0.05, 0) is 45.2 Å². The number of hydrogen-bond acceptors (Lipinski definition) is 5. The fourth-order valence-electron chi connectivity index (χ4n) is 1.57. The molecule has 0 fully saturated rings. The molecule has 5 nitrogen and oxygen atoms in total. The molecule has 124 valence electrons. The number of rotatable bonds is 7. The van der Waals surface area contributed by atoms with Crippen molar-refractivity contribution >= 4 is 27.5 Å². The molecule has 0 aliphatic carbocycles. The molecule has 0 N–H and O–H groups in total. The Kier molecular flexibility index (Phi) is 5.95. The molecular weight excluding hydrogens is 398 g/mol. The first-order valence-electron chi connectivity index (χ1n) is 6.35. The number of aromatic nitrogens is 2. The lowest BCUT2D eigenvalue weighted by Crippen LogP contribution is -2.18. The average molecular weight is 410 g/mol. The van der Waals surface area contributed by atoms with E-state index in [0.29, 0.717) is 5.75 Å². The predicted octanol–water partition coefficient (Wildman–Crippen LogP) is 4.08. The van der Waals surface area contributed by atoms with Gasteiger partial charge in [0.1, 0.15) is 12.4 Å². The normalized spacial score (nSPS) is 11.2. The van der Waals surface area contributed by atoms with E-state index in [4.69, 9.17) is 25.8 Å². The van der Waals surface area contributed by atoms with Crippen molar-refractivity contribution in [2.75, 3.05) is 13.7 Å². The molecule has 1 aromatic heterocycles. The van der Waals surface area contributed by atoms with E-state index >= 15 is 0 Å². The number of halogens is 4. The van der Waals surface area contributed by atoms with Crippen molar-refractivity contribution in [2.45, 2.75) is 11.4 Å². The second kappa shape index (κ2) is 7.74. The van der Waals surface area contributed by atoms with E-state index in [0.717, 1.165) is 5.56 Å². The van der Waals surface area contributed by atoms with Crippen LogP contribution in [0, 0.1) is 0 Å². The van der Waals surface area contributed by atoms with Crippen LogP contribution in [0.5, 0.6) is 17.4 Å². The van der Waals surface area contributed by atoms with Crippen molar-refractivity contribution in [2.24, 2.45) is 0 Å². The van der Waals surface area contributed by atoms with Gasteiger partial charge in [0.25, 0.3) is 5.88 Å². The summed E-state index contributed by atoms with van der Waals surface area (Å²) in [6.07, 6.45) is 1.26. The van der Waals surface area contributed by atoms with E-state index in [1.165, 1.54) is 6.20 Å². The zero-order valence-electron chi connectivity index (χ0n) is 11.9. The molecule has 0 bridgehead atoms. The largest absolute Gasteiger partial charge is 0.497 e. The van der Waals surface area contributed by atoms with Gasteiger partial charge in [0.05, 0.1) is 13.3 Å². The van der Waals surface area contributed by atoms with Crippen LogP contribution < -0.4 is 14.2 Å². The first kappa shape index (κ1) is 17.7. The van der Waals surface area contributed by atoms with Crippen LogP contribution in [0.4, 0.5) is 8.78 Å². The highest BCUT2D eigenvalue weighted by Gasteiger charge is 2.26. The van der Waals surface area contributed by atoms with Gasteiger partial charge in [-0.25, -0.2) is 4.98 Å². The number of nitrogens with zero attached hydrogens (tertiary/aromatic N) is 2. The van der Waals surface area contributed by atoms with E-state index in [1.54, 1.807) is 19.2 Å². The first-order chi connectivity index (χ1) is 10.9. The molecule has 23 heavy (non-hydrogen) atoms. The Bertz CT molecular complexity index is 653. The van der Waals surface area contributed by atoms with Crippen molar-refractivity contribution in [3.63, 3.8) is 0 Å². The van der Waals surface area contributed by atoms with Gasteiger partial charge in [-0.15, -0.1) is 0 Å². The molecule has 1 aromatic carbocycles. The van der Waals surface area contributed by atoms with E-state index in [9.17, 15) is 8.78 Å². The van der Waals surface area contributed by atoms with Crippen LogP contribution >= 0.6 is 27.5 Å². The number of ether oxygens (including phenoxy) is 3. The molecule has 0 radical (unpaired) electrons. The van der Waals surface area contributed by atoms with Gasteiger partial charge < -0.3 is 14.2 Å². The van der Waals surface area contributed by atoms with Crippen LogP contribution in [0.3, 0.4) is 0 Å². The molecule has 0 amide bonds. The summed E-state index contributed by atoms with van der Waals surface area (Å²) < 4.78 is 41.1. The molecular formula is C14H12BrClF2N2O3. The summed E-state index contributed by atoms with van der Waals surface area (Å²) in [4.78, 5) is 4.32. The van der Waals surface area contributed by atoms with E-state index in [1.807, 2.05) is 12.1 Å². The molecule has 1 heterocycles. The molecule has 0 saturated heterocycles. The molecule has 0 atom stereocenters. The smallest absolute Gasteiger partial charge is 0.334 e. The quantitative estimate of drug-likeness (QED) is 0.509. The Hall–Kier alpha value is -1.67. The lowest BCUT2D eigenvalue weighted by Gasteiger charge is -2.13. The molecule has 0 saturated carbocycles. The average Bonchev–Trinajstić information content (AvgIpc) is 2.52. The lowest BCUT2D eigenvalue weighted by atomic mass is 10.2. The summed E-state index contributed by atoms with van der Waals surface area (Å²) in [7, 11) is 1.57. The minimum Gasteiger partial charge on any atom is -0.497 e. The first-order valence-corrected chi connectivity index (χ1v) is 7.52. The predicted molar refractivity (Wildman–Crippen MR) is 83.7 cm³/mol. The van der Waals surface area contributed by atoms with Gasteiger partial charge >= 0.3 is 4.83 Å². The van der Waals surface area contributed by atoms with Crippen molar-refractivity contribution in [1.82, 2.24) is 9.97 Å². The van der Waals surface area contributed by atoms with Crippen molar-refractivity contribution in [1.29, 1.82) is 0 Å². The summed E-state index contributed by atoms with van der Waals surface area (Å²) in [5.74, 6) is 0.673. The molecule has 0 spiro atoms. The minimum atomic E-state index is -3.18. The summed E-state index contributed by atoms with van der Waals surface area (Å²) in [6.45, 7) is -0.741. The number of methoxy groups -OCH3 is 1. The molecule has 0 aliphatic rings. The molecule has 0 unspecified atom stereocenters. The number of alkyl halides is 3. The molecule has 2 rings (SSSR count). The zero-order chi connectivity index (χ0) is 16.9. The maximum absolute atomic E-state index is 12.8. The van der Waals surface area contributed by atoms with Crippen LogP contribution in [0.1, 0.15) is 5.56 Å². The third kappa shape index (κ3) is 5.80. The van der Waals surface area contributed by atoms with Gasteiger partial charge in [0.15, 0.2) is 12.4 Å². The lowest BCUT2D eigenvalue weighted by molar-refractivity contribution is 0.0506. The Balaban J connectivity index is 2.06. The topological polar surface area (TPSA) is 53.5 Å². The third-order valence-corrected chi connectivity index (χ3v) is 3.03. The van der Waals surface area contributed by atoms with E-state index in [2.05, 4.69) is 25.9 Å².